The van der Waals surface area contributed by atoms with Gasteiger partial charge in [-0.3, -0.25) is 0 Å². The molecule has 1 aliphatic carbocycles. The van der Waals surface area contributed by atoms with Gasteiger partial charge in [0.25, 0.3) is 0 Å². The van der Waals surface area contributed by atoms with Gasteiger partial charge in [0.15, 0.2) is 0 Å². The Morgan fingerprint density at radius 1 is 1.06 bits per heavy atom. The molecule has 1 saturated heterocycles. The minimum absolute atomic E-state index is 0.465. The topological polar surface area (TPSA) is 44.5 Å². The maximum atomic E-state index is 5.83. The number of ether oxygens (including phenoxy) is 2. The third-order valence-electron chi connectivity index (χ3n) is 4.31. The first kappa shape index (κ1) is 13.3. The van der Waals surface area contributed by atoms with Crippen LogP contribution in [0, 0.1) is 11.8 Å². The Morgan fingerprint density at radius 3 is 2.59 bits per heavy atom. The van der Waals surface area contributed by atoms with Crippen molar-refractivity contribution in [1.29, 1.82) is 0 Å². The molecule has 0 aromatic rings. The first-order valence-electron chi connectivity index (χ1n) is 7.29. The van der Waals surface area contributed by atoms with Gasteiger partial charge >= 0.3 is 0 Å². The van der Waals surface area contributed by atoms with Gasteiger partial charge in [0.2, 0.25) is 0 Å². The van der Waals surface area contributed by atoms with Gasteiger partial charge in [0, 0.05) is 19.8 Å². The highest BCUT2D eigenvalue weighted by Gasteiger charge is 2.24. The maximum absolute atomic E-state index is 5.83. The molecule has 0 aromatic heterocycles. The van der Waals surface area contributed by atoms with Gasteiger partial charge in [0.1, 0.15) is 0 Å². The van der Waals surface area contributed by atoms with Crippen LogP contribution in [0.2, 0.25) is 0 Å². The molecular weight excluding hydrogens is 214 g/mol. The number of hydrogen-bond acceptors (Lipinski definition) is 3. The van der Waals surface area contributed by atoms with Crippen molar-refractivity contribution in [2.24, 2.45) is 17.6 Å². The van der Waals surface area contributed by atoms with Crippen molar-refractivity contribution in [3.05, 3.63) is 0 Å². The van der Waals surface area contributed by atoms with Crippen molar-refractivity contribution in [1.82, 2.24) is 0 Å². The smallest absolute Gasteiger partial charge is 0.0597 e. The quantitative estimate of drug-likeness (QED) is 0.726. The Labute approximate surface area is 105 Å². The van der Waals surface area contributed by atoms with Crippen LogP contribution < -0.4 is 5.73 Å². The molecule has 3 atom stereocenters. The van der Waals surface area contributed by atoms with Crippen LogP contribution in [-0.4, -0.2) is 32.5 Å². The molecule has 2 aliphatic rings. The summed E-state index contributed by atoms with van der Waals surface area (Å²) in [4.78, 5) is 0. The number of nitrogens with two attached hydrogens (primary N) is 1. The fourth-order valence-electron chi connectivity index (χ4n) is 3.14. The van der Waals surface area contributed by atoms with Crippen molar-refractivity contribution in [2.45, 2.75) is 51.0 Å². The zero-order chi connectivity index (χ0) is 11.9. The molecule has 1 saturated carbocycles. The molecule has 17 heavy (non-hydrogen) atoms. The standard InChI is InChI=1S/C14H27NO2/c15-10-12-4-1-2-5-13(12)11-16-9-7-14-6-3-8-17-14/h12-14H,1-11,15H2. The van der Waals surface area contributed by atoms with Crippen LogP contribution >= 0.6 is 0 Å². The van der Waals surface area contributed by atoms with Crippen LogP contribution in [0.5, 0.6) is 0 Å². The first-order chi connectivity index (χ1) is 8.40. The minimum Gasteiger partial charge on any atom is -0.381 e. The second-order valence-electron chi connectivity index (χ2n) is 5.54. The predicted molar refractivity (Wildman–Crippen MR) is 68.9 cm³/mol. The van der Waals surface area contributed by atoms with E-state index in [1.165, 1.54) is 38.5 Å². The second-order valence-corrected chi connectivity index (χ2v) is 5.54. The molecule has 100 valence electrons. The van der Waals surface area contributed by atoms with E-state index in [-0.39, 0.29) is 0 Å². The van der Waals surface area contributed by atoms with Gasteiger partial charge in [-0.05, 0) is 50.5 Å². The highest BCUT2D eigenvalue weighted by molar-refractivity contribution is 4.76. The molecule has 2 N–H and O–H groups in total. The summed E-state index contributed by atoms with van der Waals surface area (Å²) in [5.41, 5.74) is 5.82. The number of hydrogen-bond donors (Lipinski definition) is 1. The summed E-state index contributed by atoms with van der Waals surface area (Å²) in [5.74, 6) is 1.41. The minimum atomic E-state index is 0.465. The lowest BCUT2D eigenvalue weighted by molar-refractivity contribution is 0.0298. The van der Waals surface area contributed by atoms with Crippen molar-refractivity contribution >= 4 is 0 Å². The van der Waals surface area contributed by atoms with Crippen LogP contribution in [0.25, 0.3) is 0 Å². The highest BCUT2D eigenvalue weighted by Crippen LogP contribution is 2.29. The van der Waals surface area contributed by atoms with Gasteiger partial charge in [-0.15, -0.1) is 0 Å². The maximum Gasteiger partial charge on any atom is 0.0597 e. The van der Waals surface area contributed by atoms with Crippen LogP contribution in [0.1, 0.15) is 44.9 Å². The van der Waals surface area contributed by atoms with Crippen molar-refractivity contribution < 1.29 is 9.47 Å². The summed E-state index contributed by atoms with van der Waals surface area (Å²) in [5, 5.41) is 0. The van der Waals surface area contributed by atoms with E-state index >= 15 is 0 Å². The summed E-state index contributed by atoms with van der Waals surface area (Å²) >= 11 is 0. The molecule has 2 fully saturated rings. The Balaban J connectivity index is 1.56. The third-order valence-corrected chi connectivity index (χ3v) is 4.31. The lowest BCUT2D eigenvalue weighted by Crippen LogP contribution is -2.30. The molecule has 3 unspecified atom stereocenters. The summed E-state index contributed by atoms with van der Waals surface area (Å²) in [6, 6.07) is 0. The molecule has 3 heteroatoms. The summed E-state index contributed by atoms with van der Waals surface area (Å²) in [6.45, 7) is 3.55. The highest BCUT2D eigenvalue weighted by atomic mass is 16.5. The average Bonchev–Trinajstić information content (AvgIpc) is 2.88. The zero-order valence-electron chi connectivity index (χ0n) is 10.9. The van der Waals surface area contributed by atoms with Gasteiger partial charge in [-0.25, -0.2) is 0 Å². The molecular formula is C14H27NO2. The lowest BCUT2D eigenvalue weighted by atomic mass is 9.80. The monoisotopic (exact) mass is 241 g/mol. The van der Waals surface area contributed by atoms with Crippen LogP contribution in [0.15, 0.2) is 0 Å². The zero-order valence-corrected chi connectivity index (χ0v) is 10.9. The van der Waals surface area contributed by atoms with E-state index in [9.17, 15) is 0 Å². The second kappa shape index (κ2) is 7.34. The van der Waals surface area contributed by atoms with Gasteiger partial charge < -0.3 is 15.2 Å². The first-order valence-corrected chi connectivity index (χ1v) is 7.29. The lowest BCUT2D eigenvalue weighted by Gasteiger charge is -2.30. The average molecular weight is 241 g/mol. The summed E-state index contributed by atoms with van der Waals surface area (Å²) in [7, 11) is 0. The molecule has 1 aliphatic heterocycles. The largest absolute Gasteiger partial charge is 0.381 e. The van der Waals surface area contributed by atoms with E-state index in [1.807, 2.05) is 0 Å². The normalized spacial score (nSPS) is 34.1. The number of rotatable bonds is 6. The van der Waals surface area contributed by atoms with Gasteiger partial charge in [-0.2, -0.15) is 0 Å². The molecule has 3 nitrogen and oxygen atoms in total. The van der Waals surface area contributed by atoms with E-state index < -0.39 is 0 Å². The van der Waals surface area contributed by atoms with E-state index in [2.05, 4.69) is 0 Å². The van der Waals surface area contributed by atoms with Crippen LogP contribution in [0.3, 0.4) is 0 Å². The van der Waals surface area contributed by atoms with Gasteiger partial charge in [-0.1, -0.05) is 12.8 Å². The van der Waals surface area contributed by atoms with E-state index in [0.29, 0.717) is 17.9 Å². The Kier molecular flexibility index (Phi) is 5.75. The van der Waals surface area contributed by atoms with Crippen LogP contribution in [0.4, 0.5) is 0 Å². The molecule has 0 amide bonds. The van der Waals surface area contributed by atoms with E-state index in [1.54, 1.807) is 0 Å². The fourth-order valence-corrected chi connectivity index (χ4v) is 3.14. The SMILES string of the molecule is NCC1CCCCC1COCCC1CCCO1. The Bertz CT molecular complexity index is 204. The molecule has 0 aromatic carbocycles. The predicted octanol–water partition coefficient (Wildman–Crippen LogP) is 2.34. The Hall–Kier alpha value is -0.120. The van der Waals surface area contributed by atoms with Gasteiger partial charge in [0.05, 0.1) is 6.10 Å². The van der Waals surface area contributed by atoms with Crippen molar-refractivity contribution in [2.75, 3.05) is 26.4 Å². The molecule has 0 radical (unpaired) electrons. The Morgan fingerprint density at radius 2 is 1.88 bits per heavy atom. The van der Waals surface area contributed by atoms with E-state index in [0.717, 1.165) is 32.8 Å². The summed E-state index contributed by atoms with van der Waals surface area (Å²) < 4.78 is 11.4. The van der Waals surface area contributed by atoms with E-state index in [4.69, 9.17) is 15.2 Å². The summed E-state index contributed by atoms with van der Waals surface area (Å²) in [6.07, 6.45) is 9.30. The molecule has 0 bridgehead atoms. The molecule has 2 rings (SSSR count). The third kappa shape index (κ3) is 4.23. The van der Waals surface area contributed by atoms with Crippen molar-refractivity contribution in [3.63, 3.8) is 0 Å². The fraction of sp³-hybridized carbons (Fsp3) is 1.00. The molecule has 1 heterocycles. The van der Waals surface area contributed by atoms with Crippen molar-refractivity contribution in [3.8, 4) is 0 Å². The van der Waals surface area contributed by atoms with Crippen LogP contribution in [-0.2, 0) is 9.47 Å². The molecule has 0 spiro atoms.